The average molecular weight is 389 g/mol. The summed E-state index contributed by atoms with van der Waals surface area (Å²) in [7, 11) is 0. The first kappa shape index (κ1) is 19.3. The molecule has 4 fully saturated rings. The van der Waals surface area contributed by atoms with Crippen molar-refractivity contribution in [3.8, 4) is 0 Å². The van der Waals surface area contributed by atoms with Gasteiger partial charge in [0.25, 0.3) is 0 Å². The third-order valence-corrected chi connectivity index (χ3v) is 8.07. The van der Waals surface area contributed by atoms with E-state index in [1.54, 1.807) is 0 Å². The Hall–Kier alpha value is -1.06. The van der Waals surface area contributed by atoms with E-state index in [2.05, 4.69) is 40.5 Å². The van der Waals surface area contributed by atoms with Gasteiger partial charge in [-0.05, 0) is 80.8 Å². The van der Waals surface area contributed by atoms with E-state index in [0.717, 1.165) is 56.8 Å². The first-order chi connectivity index (χ1) is 12.7. The van der Waals surface area contributed by atoms with Crippen molar-refractivity contribution in [1.29, 1.82) is 0 Å². The van der Waals surface area contributed by atoms with E-state index in [4.69, 9.17) is 0 Å². The minimum absolute atomic E-state index is 0. The Kier molecular flexibility index (Phi) is 5.53. The maximum absolute atomic E-state index is 13.9. The number of hydrogen-bond acceptors (Lipinski definition) is 2. The van der Waals surface area contributed by atoms with Crippen molar-refractivity contribution < 1.29 is 4.79 Å². The lowest BCUT2D eigenvalue weighted by atomic mass is 9.68. The van der Waals surface area contributed by atoms with Gasteiger partial charge in [-0.25, -0.2) is 0 Å². The molecule has 5 rings (SSSR count). The zero-order valence-electron chi connectivity index (χ0n) is 16.2. The summed E-state index contributed by atoms with van der Waals surface area (Å²) in [5.74, 6) is 3.49. The second kappa shape index (κ2) is 7.75. The number of carbonyl (C=O) groups is 1. The largest absolute Gasteiger partial charge is 0.342 e. The van der Waals surface area contributed by atoms with Crippen LogP contribution in [0, 0.1) is 29.1 Å². The number of likely N-dealkylation sites (tertiary alicyclic amines) is 1. The predicted octanol–water partition coefficient (Wildman–Crippen LogP) is 3.92. The molecule has 2 aliphatic carbocycles. The number of fused-ring (bicyclic) bond motifs is 3. The molecule has 2 heterocycles. The minimum atomic E-state index is -0.109. The summed E-state index contributed by atoms with van der Waals surface area (Å²) in [6.45, 7) is 4.28. The van der Waals surface area contributed by atoms with Crippen LogP contribution in [-0.4, -0.2) is 37.0 Å². The molecule has 0 spiro atoms. The summed E-state index contributed by atoms with van der Waals surface area (Å²) >= 11 is 0. The molecule has 1 aromatic rings. The van der Waals surface area contributed by atoms with Crippen LogP contribution in [0.4, 0.5) is 0 Å². The van der Waals surface area contributed by atoms with E-state index < -0.39 is 0 Å². The zero-order chi connectivity index (χ0) is 17.6. The number of amides is 1. The average Bonchev–Trinajstić information content (AvgIpc) is 3.36. The fourth-order valence-electron chi connectivity index (χ4n) is 6.69. The van der Waals surface area contributed by atoms with Gasteiger partial charge in [0, 0.05) is 13.1 Å². The molecule has 2 saturated heterocycles. The second-order valence-corrected chi connectivity index (χ2v) is 9.45. The minimum Gasteiger partial charge on any atom is -0.342 e. The van der Waals surface area contributed by atoms with Gasteiger partial charge in [0.2, 0.25) is 5.91 Å². The lowest BCUT2D eigenvalue weighted by molar-refractivity contribution is -0.145. The van der Waals surface area contributed by atoms with Gasteiger partial charge in [0.1, 0.15) is 0 Å². The molecular formula is C23H33ClN2O. The molecule has 27 heavy (non-hydrogen) atoms. The van der Waals surface area contributed by atoms with Crippen molar-refractivity contribution in [2.45, 2.75) is 44.9 Å². The van der Waals surface area contributed by atoms with Crippen LogP contribution in [0.5, 0.6) is 0 Å². The monoisotopic (exact) mass is 388 g/mol. The Morgan fingerprint density at radius 3 is 2.33 bits per heavy atom. The smallest absolute Gasteiger partial charge is 0.229 e. The van der Waals surface area contributed by atoms with Crippen molar-refractivity contribution in [3.63, 3.8) is 0 Å². The Labute approximate surface area is 169 Å². The fourth-order valence-corrected chi connectivity index (χ4v) is 6.69. The van der Waals surface area contributed by atoms with Gasteiger partial charge in [-0.3, -0.25) is 4.79 Å². The predicted molar refractivity (Wildman–Crippen MR) is 111 cm³/mol. The molecule has 5 atom stereocenters. The lowest BCUT2D eigenvalue weighted by Crippen LogP contribution is -2.48. The van der Waals surface area contributed by atoms with E-state index >= 15 is 0 Å². The highest BCUT2D eigenvalue weighted by atomic mass is 35.5. The van der Waals surface area contributed by atoms with Gasteiger partial charge in [-0.2, -0.15) is 0 Å². The Morgan fingerprint density at radius 2 is 1.74 bits per heavy atom. The number of rotatable bonds is 3. The van der Waals surface area contributed by atoms with Gasteiger partial charge in [0.15, 0.2) is 0 Å². The highest BCUT2D eigenvalue weighted by Crippen LogP contribution is 2.58. The lowest BCUT2D eigenvalue weighted by Gasteiger charge is -2.40. The van der Waals surface area contributed by atoms with Crippen LogP contribution in [0.2, 0.25) is 0 Å². The molecule has 2 aliphatic heterocycles. The molecule has 2 bridgehead atoms. The van der Waals surface area contributed by atoms with Crippen LogP contribution in [0.25, 0.3) is 0 Å². The summed E-state index contributed by atoms with van der Waals surface area (Å²) in [4.78, 5) is 16.2. The highest BCUT2D eigenvalue weighted by molar-refractivity contribution is 5.85. The number of benzene rings is 1. The molecule has 148 valence electrons. The van der Waals surface area contributed by atoms with Crippen molar-refractivity contribution in [1.82, 2.24) is 10.2 Å². The van der Waals surface area contributed by atoms with Gasteiger partial charge in [0.05, 0.1) is 5.41 Å². The molecule has 4 heteroatoms. The maximum atomic E-state index is 13.9. The van der Waals surface area contributed by atoms with Crippen LogP contribution in [-0.2, 0) is 11.2 Å². The molecule has 1 amide bonds. The van der Waals surface area contributed by atoms with Crippen molar-refractivity contribution in [2.24, 2.45) is 29.1 Å². The van der Waals surface area contributed by atoms with Crippen LogP contribution in [0.15, 0.2) is 30.3 Å². The number of nitrogens with zero attached hydrogens (tertiary/aromatic N) is 1. The quantitative estimate of drug-likeness (QED) is 0.851. The van der Waals surface area contributed by atoms with Gasteiger partial charge in [-0.1, -0.05) is 36.8 Å². The molecule has 3 nitrogen and oxygen atoms in total. The normalized spacial score (nSPS) is 37.6. The van der Waals surface area contributed by atoms with Gasteiger partial charge >= 0.3 is 0 Å². The maximum Gasteiger partial charge on any atom is 0.229 e. The van der Waals surface area contributed by atoms with Crippen LogP contribution < -0.4 is 5.32 Å². The molecule has 0 aromatic heterocycles. The van der Waals surface area contributed by atoms with E-state index in [-0.39, 0.29) is 17.8 Å². The van der Waals surface area contributed by atoms with E-state index in [9.17, 15) is 4.79 Å². The number of nitrogens with one attached hydrogen (secondary N) is 1. The topological polar surface area (TPSA) is 32.3 Å². The third-order valence-electron chi connectivity index (χ3n) is 8.07. The summed E-state index contributed by atoms with van der Waals surface area (Å²) in [5, 5.41) is 3.55. The molecule has 3 unspecified atom stereocenters. The van der Waals surface area contributed by atoms with E-state index in [1.165, 1.54) is 37.7 Å². The SMILES string of the molecule is Cl.O=C(N1CC[C@@H]2CNC[C@@H]2CC1)C1(Cc2ccccc2)CC2CCC1C2. The van der Waals surface area contributed by atoms with Crippen molar-refractivity contribution >= 4 is 18.3 Å². The molecule has 4 aliphatic rings. The molecular weight excluding hydrogens is 356 g/mol. The fraction of sp³-hybridized carbons (Fsp3) is 0.696. The molecule has 1 aromatic carbocycles. The van der Waals surface area contributed by atoms with Gasteiger partial charge < -0.3 is 10.2 Å². The number of halogens is 1. The Bertz CT molecular complexity index is 652. The third kappa shape index (κ3) is 3.42. The van der Waals surface area contributed by atoms with Gasteiger partial charge in [-0.15, -0.1) is 12.4 Å². The van der Waals surface area contributed by atoms with Crippen LogP contribution in [0.3, 0.4) is 0 Å². The van der Waals surface area contributed by atoms with Crippen molar-refractivity contribution in [3.05, 3.63) is 35.9 Å². The molecule has 1 N–H and O–H groups in total. The summed E-state index contributed by atoms with van der Waals surface area (Å²) in [6, 6.07) is 10.8. The standard InChI is InChI=1S/C23H32N2O.ClH/c26-22(25-10-8-19-15-24-16-20(19)9-11-25)23(13-17-4-2-1-3-5-17)14-18-6-7-21(23)12-18;/h1-5,18-21,24H,6-16H2;1H/t18?,19-,20+,21?,23?;. The Balaban J connectivity index is 0.00000180. The second-order valence-electron chi connectivity index (χ2n) is 9.45. The van der Waals surface area contributed by atoms with Crippen LogP contribution >= 0.6 is 12.4 Å². The molecule has 2 saturated carbocycles. The summed E-state index contributed by atoms with van der Waals surface area (Å²) < 4.78 is 0. The zero-order valence-corrected chi connectivity index (χ0v) is 17.1. The van der Waals surface area contributed by atoms with E-state index in [1.807, 2.05) is 0 Å². The number of hydrogen-bond donors (Lipinski definition) is 1. The number of carbonyl (C=O) groups excluding carboxylic acids is 1. The Morgan fingerprint density at radius 1 is 1.04 bits per heavy atom. The highest BCUT2D eigenvalue weighted by Gasteiger charge is 2.56. The van der Waals surface area contributed by atoms with Crippen LogP contribution in [0.1, 0.15) is 44.1 Å². The van der Waals surface area contributed by atoms with E-state index in [0.29, 0.717) is 11.8 Å². The first-order valence-corrected chi connectivity index (χ1v) is 10.8. The first-order valence-electron chi connectivity index (χ1n) is 10.8. The molecule has 0 radical (unpaired) electrons. The van der Waals surface area contributed by atoms with Crippen molar-refractivity contribution in [2.75, 3.05) is 26.2 Å². The summed E-state index contributed by atoms with van der Waals surface area (Å²) in [6.07, 6.45) is 8.39. The summed E-state index contributed by atoms with van der Waals surface area (Å²) in [5.41, 5.74) is 1.24.